The van der Waals surface area contributed by atoms with Crippen molar-refractivity contribution in [3.05, 3.63) is 24.0 Å². The topological polar surface area (TPSA) is 49.8 Å². The molecule has 0 aliphatic carbocycles. The molecule has 0 unspecified atom stereocenters. The third kappa shape index (κ3) is 4.10. The molecule has 1 aliphatic rings. The van der Waals surface area contributed by atoms with Crippen molar-refractivity contribution in [2.24, 2.45) is 11.3 Å². The Labute approximate surface area is 122 Å². The molecule has 1 heterocycles. The number of carbonyl (C=O) groups is 1. The third-order valence-electron chi connectivity index (χ3n) is 4.38. The van der Waals surface area contributed by atoms with E-state index in [9.17, 15) is 9.90 Å². The Hall–Kier alpha value is -1.29. The van der Waals surface area contributed by atoms with E-state index in [0.717, 1.165) is 26.1 Å². The maximum absolute atomic E-state index is 11.9. The minimum absolute atomic E-state index is 0.111. The predicted octanol–water partition coefficient (Wildman–Crippen LogP) is 2.92. The van der Waals surface area contributed by atoms with Crippen molar-refractivity contribution in [2.45, 2.75) is 33.6 Å². The first kappa shape index (κ1) is 16.8. The van der Waals surface area contributed by atoms with Crippen LogP contribution in [0.5, 0.6) is 0 Å². The van der Waals surface area contributed by atoms with Gasteiger partial charge in [-0.15, -0.1) is 0 Å². The number of aliphatic hydroxyl groups is 1. The average molecular weight is 281 g/mol. The zero-order valence-corrected chi connectivity index (χ0v) is 13.1. The summed E-state index contributed by atoms with van der Waals surface area (Å²) >= 11 is 0. The van der Waals surface area contributed by atoms with Crippen LogP contribution in [-0.2, 0) is 9.53 Å². The Morgan fingerprint density at radius 2 is 2.25 bits per heavy atom. The molecule has 0 aromatic carbocycles. The summed E-state index contributed by atoms with van der Waals surface area (Å²) in [6, 6.07) is 0. The highest BCUT2D eigenvalue weighted by molar-refractivity contribution is 5.76. The molecule has 0 radical (unpaired) electrons. The van der Waals surface area contributed by atoms with E-state index in [2.05, 4.69) is 11.8 Å². The van der Waals surface area contributed by atoms with Crippen molar-refractivity contribution < 1.29 is 14.6 Å². The fourth-order valence-electron chi connectivity index (χ4n) is 2.62. The first-order valence-electron chi connectivity index (χ1n) is 7.25. The maximum atomic E-state index is 11.9. The van der Waals surface area contributed by atoms with Gasteiger partial charge in [0.15, 0.2) is 0 Å². The molecule has 1 saturated heterocycles. The molecule has 0 aromatic rings. The molecule has 0 spiro atoms. The molecule has 1 rings (SSSR count). The van der Waals surface area contributed by atoms with Gasteiger partial charge in [0.05, 0.1) is 18.3 Å². The van der Waals surface area contributed by atoms with E-state index in [-0.39, 0.29) is 17.3 Å². The zero-order chi connectivity index (χ0) is 15.2. The predicted molar refractivity (Wildman–Crippen MR) is 80.5 cm³/mol. The second-order valence-electron chi connectivity index (χ2n) is 5.79. The summed E-state index contributed by atoms with van der Waals surface area (Å²) in [4.78, 5) is 14.2. The van der Waals surface area contributed by atoms with Crippen LogP contribution in [0.3, 0.4) is 0 Å². The monoisotopic (exact) mass is 281 g/mol. The Kier molecular flexibility index (Phi) is 6.27. The number of hydrogen-bond acceptors (Lipinski definition) is 4. The highest BCUT2D eigenvalue weighted by Crippen LogP contribution is 2.37. The number of carbonyl (C=O) groups excluding carboxylic acids is 1. The summed E-state index contributed by atoms with van der Waals surface area (Å²) in [6.45, 7) is 8.56. The highest BCUT2D eigenvalue weighted by Gasteiger charge is 2.43. The number of nitrogens with zero attached hydrogens (tertiary/aromatic N) is 1. The minimum atomic E-state index is -0.381. The molecule has 4 heteroatoms. The molecule has 114 valence electrons. The lowest BCUT2D eigenvalue weighted by Crippen LogP contribution is -2.49. The van der Waals surface area contributed by atoms with Crippen LogP contribution in [0.1, 0.15) is 33.6 Å². The van der Waals surface area contributed by atoms with Crippen molar-refractivity contribution in [1.82, 2.24) is 4.90 Å². The van der Waals surface area contributed by atoms with Gasteiger partial charge in [0.2, 0.25) is 0 Å². The molecule has 0 amide bonds. The summed E-state index contributed by atoms with van der Waals surface area (Å²) in [5, 5.41) is 9.71. The van der Waals surface area contributed by atoms with Crippen LogP contribution in [-0.4, -0.2) is 42.7 Å². The fraction of sp³-hybridized carbons (Fsp3) is 0.688. The zero-order valence-electron chi connectivity index (χ0n) is 13.1. The SMILES string of the molecule is C/C=C\C=C(/O)CCN1CC[C@](C)(C(=O)OC)[C@@H](C)C1. The number of piperidine rings is 1. The van der Waals surface area contributed by atoms with Crippen LogP contribution >= 0.6 is 0 Å². The number of aliphatic hydroxyl groups excluding tert-OH is 1. The van der Waals surface area contributed by atoms with Gasteiger partial charge < -0.3 is 14.7 Å². The molecular weight excluding hydrogens is 254 g/mol. The van der Waals surface area contributed by atoms with Gasteiger partial charge in [-0.05, 0) is 38.8 Å². The van der Waals surface area contributed by atoms with Gasteiger partial charge in [-0.25, -0.2) is 0 Å². The van der Waals surface area contributed by atoms with Crippen molar-refractivity contribution >= 4 is 5.97 Å². The average Bonchev–Trinajstić information content (AvgIpc) is 2.45. The highest BCUT2D eigenvalue weighted by atomic mass is 16.5. The van der Waals surface area contributed by atoms with Crippen LogP contribution in [0.25, 0.3) is 0 Å². The Morgan fingerprint density at radius 3 is 2.80 bits per heavy atom. The van der Waals surface area contributed by atoms with Gasteiger partial charge in [-0.2, -0.15) is 0 Å². The number of esters is 1. The van der Waals surface area contributed by atoms with Crippen LogP contribution < -0.4 is 0 Å². The Morgan fingerprint density at radius 1 is 1.55 bits per heavy atom. The molecule has 1 N–H and O–H groups in total. The van der Waals surface area contributed by atoms with Gasteiger partial charge in [0.1, 0.15) is 0 Å². The number of hydrogen-bond donors (Lipinski definition) is 1. The molecule has 0 aromatic heterocycles. The Bertz CT molecular complexity index is 389. The quantitative estimate of drug-likeness (QED) is 0.478. The molecule has 1 fully saturated rings. The molecule has 0 saturated carbocycles. The lowest BCUT2D eigenvalue weighted by Gasteiger charge is -2.42. The first-order valence-corrected chi connectivity index (χ1v) is 7.25. The van der Waals surface area contributed by atoms with E-state index in [1.165, 1.54) is 7.11 Å². The smallest absolute Gasteiger partial charge is 0.311 e. The van der Waals surface area contributed by atoms with Crippen LogP contribution in [0.15, 0.2) is 24.0 Å². The normalized spacial score (nSPS) is 28.8. The fourth-order valence-corrected chi connectivity index (χ4v) is 2.62. The lowest BCUT2D eigenvalue weighted by molar-refractivity contribution is -0.158. The van der Waals surface area contributed by atoms with E-state index in [0.29, 0.717) is 12.2 Å². The molecule has 20 heavy (non-hydrogen) atoms. The largest absolute Gasteiger partial charge is 0.512 e. The first-order chi connectivity index (χ1) is 9.43. The number of rotatable bonds is 5. The summed E-state index contributed by atoms with van der Waals surface area (Å²) < 4.78 is 4.93. The van der Waals surface area contributed by atoms with Crippen LogP contribution in [0, 0.1) is 11.3 Å². The second-order valence-corrected chi connectivity index (χ2v) is 5.79. The summed E-state index contributed by atoms with van der Waals surface area (Å²) in [7, 11) is 1.46. The van der Waals surface area contributed by atoms with Gasteiger partial charge in [0, 0.05) is 19.5 Å². The van der Waals surface area contributed by atoms with E-state index in [4.69, 9.17) is 4.74 Å². The van der Waals surface area contributed by atoms with E-state index in [1.807, 2.05) is 26.0 Å². The van der Waals surface area contributed by atoms with Crippen LogP contribution in [0.2, 0.25) is 0 Å². The van der Waals surface area contributed by atoms with Crippen LogP contribution in [0.4, 0.5) is 0 Å². The van der Waals surface area contributed by atoms with Crippen molar-refractivity contribution in [3.63, 3.8) is 0 Å². The van der Waals surface area contributed by atoms with Gasteiger partial charge in [-0.3, -0.25) is 4.79 Å². The van der Waals surface area contributed by atoms with E-state index in [1.54, 1.807) is 6.08 Å². The van der Waals surface area contributed by atoms with Crippen molar-refractivity contribution in [2.75, 3.05) is 26.7 Å². The lowest BCUT2D eigenvalue weighted by atomic mass is 9.72. The summed E-state index contributed by atoms with van der Waals surface area (Å²) in [5.41, 5.74) is -0.381. The molecule has 0 bridgehead atoms. The third-order valence-corrected chi connectivity index (χ3v) is 4.38. The molecule has 4 nitrogen and oxygen atoms in total. The maximum Gasteiger partial charge on any atom is 0.311 e. The summed E-state index contributed by atoms with van der Waals surface area (Å²) in [6.07, 6.45) is 6.90. The number of likely N-dealkylation sites (tertiary alicyclic amines) is 1. The van der Waals surface area contributed by atoms with Gasteiger partial charge >= 0.3 is 5.97 Å². The Balaban J connectivity index is 2.50. The van der Waals surface area contributed by atoms with Crippen molar-refractivity contribution in [3.8, 4) is 0 Å². The van der Waals surface area contributed by atoms with E-state index >= 15 is 0 Å². The number of ether oxygens (including phenoxy) is 1. The molecule has 2 atom stereocenters. The van der Waals surface area contributed by atoms with Gasteiger partial charge in [-0.1, -0.05) is 19.1 Å². The number of allylic oxidation sites excluding steroid dienone is 3. The second kappa shape index (κ2) is 7.48. The minimum Gasteiger partial charge on any atom is -0.512 e. The van der Waals surface area contributed by atoms with Gasteiger partial charge in [0.25, 0.3) is 0 Å². The van der Waals surface area contributed by atoms with E-state index < -0.39 is 0 Å². The van der Waals surface area contributed by atoms with Crippen molar-refractivity contribution in [1.29, 1.82) is 0 Å². The summed E-state index contributed by atoms with van der Waals surface area (Å²) in [5.74, 6) is 0.544. The standard InChI is InChI=1S/C16H27NO3/c1-5-6-7-14(18)8-10-17-11-9-16(3,13(2)12-17)15(19)20-4/h5-7,13,18H,8-12H2,1-4H3/b6-5-,14-7-/t13-,16-/m0/s1. The molecular formula is C16H27NO3. The number of methoxy groups -OCH3 is 1. The molecule has 1 aliphatic heterocycles.